The van der Waals surface area contributed by atoms with Crippen LogP contribution in [0.25, 0.3) is 0 Å². The molecule has 0 bridgehead atoms. The number of carbonyl (C=O) groups is 1. The van der Waals surface area contributed by atoms with Crippen LogP contribution in [-0.2, 0) is 16.1 Å². The van der Waals surface area contributed by atoms with E-state index < -0.39 is 6.04 Å². The van der Waals surface area contributed by atoms with Crippen molar-refractivity contribution < 1.29 is 13.9 Å². The summed E-state index contributed by atoms with van der Waals surface area (Å²) in [5.74, 6) is 0.563. The molecule has 1 heterocycles. The monoisotopic (exact) mass is 320 g/mol. The van der Waals surface area contributed by atoms with Crippen molar-refractivity contribution in [2.45, 2.75) is 38.3 Å². The van der Waals surface area contributed by atoms with Crippen molar-refractivity contribution in [3.05, 3.63) is 35.6 Å². The minimum atomic E-state index is -0.460. The van der Waals surface area contributed by atoms with Gasteiger partial charge in [0.2, 0.25) is 5.91 Å². The lowest BCUT2D eigenvalue weighted by molar-refractivity contribution is -0.135. The van der Waals surface area contributed by atoms with Crippen LogP contribution in [0.4, 0.5) is 4.39 Å². The third-order valence-corrected chi connectivity index (χ3v) is 4.83. The predicted octanol–water partition coefficient (Wildman–Crippen LogP) is 2.32. The summed E-state index contributed by atoms with van der Waals surface area (Å²) in [5.41, 5.74) is 7.20. The van der Waals surface area contributed by atoms with Gasteiger partial charge in [-0.1, -0.05) is 12.1 Å². The van der Waals surface area contributed by atoms with Crippen LogP contribution in [0.3, 0.4) is 0 Å². The fraction of sp³-hybridized carbons (Fsp3) is 0.611. The van der Waals surface area contributed by atoms with Gasteiger partial charge in [-0.25, -0.2) is 4.39 Å². The number of hydrogen-bond donors (Lipinski definition) is 1. The summed E-state index contributed by atoms with van der Waals surface area (Å²) in [4.78, 5) is 14.7. The Balaban J connectivity index is 1.66. The molecule has 4 nitrogen and oxygen atoms in total. The molecule has 2 N–H and O–H groups in total. The first-order valence-corrected chi connectivity index (χ1v) is 8.50. The minimum Gasteiger partial charge on any atom is -0.381 e. The second-order valence-electron chi connectivity index (χ2n) is 6.76. The number of rotatable bonds is 6. The van der Waals surface area contributed by atoms with Crippen molar-refractivity contribution >= 4 is 5.91 Å². The van der Waals surface area contributed by atoms with Crippen molar-refractivity contribution in [1.82, 2.24) is 4.90 Å². The van der Waals surface area contributed by atoms with E-state index in [1.807, 2.05) is 4.90 Å². The third kappa shape index (κ3) is 4.52. The highest BCUT2D eigenvalue weighted by atomic mass is 19.1. The van der Waals surface area contributed by atoms with E-state index in [-0.39, 0.29) is 17.6 Å². The molecule has 23 heavy (non-hydrogen) atoms. The SMILES string of the molecule is NC(C(=O)N(Cc1ccc(F)cc1)CC1CC1)C1CCOCC1. The van der Waals surface area contributed by atoms with Gasteiger partial charge in [0.05, 0.1) is 6.04 Å². The summed E-state index contributed by atoms with van der Waals surface area (Å²) in [6.45, 7) is 2.64. The van der Waals surface area contributed by atoms with Crippen LogP contribution in [0.15, 0.2) is 24.3 Å². The Morgan fingerprint density at radius 1 is 1.22 bits per heavy atom. The molecule has 126 valence electrons. The molecule has 1 saturated heterocycles. The molecule has 1 atom stereocenters. The Morgan fingerprint density at radius 3 is 2.48 bits per heavy atom. The van der Waals surface area contributed by atoms with E-state index in [0.29, 0.717) is 25.7 Å². The highest BCUT2D eigenvalue weighted by Gasteiger charge is 2.33. The molecule has 1 aromatic rings. The Morgan fingerprint density at radius 2 is 1.87 bits per heavy atom. The molecular weight excluding hydrogens is 295 g/mol. The Bertz CT molecular complexity index is 524. The third-order valence-electron chi connectivity index (χ3n) is 4.83. The summed E-state index contributed by atoms with van der Waals surface area (Å²) in [6, 6.07) is 5.89. The maximum absolute atomic E-state index is 13.1. The fourth-order valence-electron chi connectivity index (χ4n) is 3.14. The van der Waals surface area contributed by atoms with Gasteiger partial charge < -0.3 is 15.4 Å². The molecule has 1 aliphatic heterocycles. The lowest BCUT2D eigenvalue weighted by atomic mass is 9.91. The number of hydrogen-bond acceptors (Lipinski definition) is 3. The van der Waals surface area contributed by atoms with E-state index in [0.717, 1.165) is 24.9 Å². The molecule has 0 spiro atoms. The fourth-order valence-corrected chi connectivity index (χ4v) is 3.14. The number of nitrogens with two attached hydrogens (primary N) is 1. The van der Waals surface area contributed by atoms with Crippen molar-refractivity contribution in [3.63, 3.8) is 0 Å². The number of amides is 1. The molecule has 0 aromatic heterocycles. The summed E-state index contributed by atoms with van der Waals surface area (Å²) in [5, 5.41) is 0. The second kappa shape index (κ2) is 7.41. The quantitative estimate of drug-likeness (QED) is 0.875. The molecule has 2 aliphatic rings. The summed E-state index contributed by atoms with van der Waals surface area (Å²) >= 11 is 0. The van der Waals surface area contributed by atoms with E-state index in [9.17, 15) is 9.18 Å². The molecule has 2 fully saturated rings. The first-order valence-electron chi connectivity index (χ1n) is 8.50. The van der Waals surface area contributed by atoms with Gasteiger partial charge in [0.15, 0.2) is 0 Å². The maximum atomic E-state index is 13.1. The van der Waals surface area contributed by atoms with Crippen molar-refractivity contribution in [2.75, 3.05) is 19.8 Å². The van der Waals surface area contributed by atoms with Crippen LogP contribution < -0.4 is 5.73 Å². The van der Waals surface area contributed by atoms with Crippen LogP contribution in [-0.4, -0.2) is 36.6 Å². The lowest BCUT2D eigenvalue weighted by Gasteiger charge is -2.32. The number of halogens is 1. The molecule has 1 saturated carbocycles. The normalized spacial score (nSPS) is 20.3. The average Bonchev–Trinajstić information content (AvgIpc) is 3.40. The molecule has 1 aliphatic carbocycles. The summed E-state index contributed by atoms with van der Waals surface area (Å²) in [6.07, 6.45) is 4.06. The maximum Gasteiger partial charge on any atom is 0.240 e. The standard InChI is InChI=1S/C18H25FN2O2/c19-16-5-3-14(4-6-16)12-21(11-13-1-2-13)18(22)17(20)15-7-9-23-10-8-15/h3-6,13,15,17H,1-2,7-12,20H2. The number of ether oxygens (including phenoxy) is 1. The van der Waals surface area contributed by atoms with Crippen molar-refractivity contribution in [1.29, 1.82) is 0 Å². The molecule has 1 aromatic carbocycles. The van der Waals surface area contributed by atoms with Gasteiger partial charge >= 0.3 is 0 Å². The number of nitrogens with zero attached hydrogens (tertiary/aromatic N) is 1. The van der Waals surface area contributed by atoms with Gasteiger partial charge in [-0.2, -0.15) is 0 Å². The predicted molar refractivity (Wildman–Crippen MR) is 86.1 cm³/mol. The zero-order chi connectivity index (χ0) is 16.2. The number of carbonyl (C=O) groups excluding carboxylic acids is 1. The van der Waals surface area contributed by atoms with Crippen molar-refractivity contribution in [2.24, 2.45) is 17.6 Å². The average molecular weight is 320 g/mol. The first-order chi connectivity index (χ1) is 11.1. The Kier molecular flexibility index (Phi) is 5.28. The zero-order valence-electron chi connectivity index (χ0n) is 13.4. The van der Waals surface area contributed by atoms with Crippen LogP contribution in [0.2, 0.25) is 0 Å². The molecule has 3 rings (SSSR count). The highest BCUT2D eigenvalue weighted by Crippen LogP contribution is 2.31. The second-order valence-corrected chi connectivity index (χ2v) is 6.76. The largest absolute Gasteiger partial charge is 0.381 e. The molecule has 5 heteroatoms. The van der Waals surface area contributed by atoms with Gasteiger partial charge in [0, 0.05) is 26.3 Å². The zero-order valence-corrected chi connectivity index (χ0v) is 13.4. The minimum absolute atomic E-state index is 0.0214. The van der Waals surface area contributed by atoms with E-state index in [1.54, 1.807) is 12.1 Å². The summed E-state index contributed by atoms with van der Waals surface area (Å²) in [7, 11) is 0. The lowest BCUT2D eigenvalue weighted by Crippen LogP contribution is -2.49. The van der Waals surface area contributed by atoms with E-state index in [4.69, 9.17) is 10.5 Å². The topological polar surface area (TPSA) is 55.6 Å². The molecule has 1 amide bonds. The van der Waals surface area contributed by atoms with E-state index in [2.05, 4.69) is 0 Å². The van der Waals surface area contributed by atoms with Gasteiger partial charge in [-0.05, 0) is 55.2 Å². The van der Waals surface area contributed by atoms with Gasteiger partial charge in [0.25, 0.3) is 0 Å². The molecular formula is C18H25FN2O2. The molecule has 0 radical (unpaired) electrons. The van der Waals surface area contributed by atoms with Crippen molar-refractivity contribution in [3.8, 4) is 0 Å². The summed E-state index contributed by atoms with van der Waals surface area (Å²) < 4.78 is 18.4. The Hall–Kier alpha value is -1.46. The smallest absolute Gasteiger partial charge is 0.240 e. The number of benzene rings is 1. The van der Waals surface area contributed by atoms with Crippen LogP contribution in [0.1, 0.15) is 31.2 Å². The van der Waals surface area contributed by atoms with Gasteiger partial charge in [-0.3, -0.25) is 4.79 Å². The van der Waals surface area contributed by atoms with E-state index >= 15 is 0 Å². The highest BCUT2D eigenvalue weighted by molar-refractivity contribution is 5.82. The van der Waals surface area contributed by atoms with E-state index in [1.165, 1.54) is 25.0 Å². The van der Waals surface area contributed by atoms with Gasteiger partial charge in [-0.15, -0.1) is 0 Å². The first kappa shape index (κ1) is 16.4. The Labute approximate surface area is 136 Å². The van der Waals surface area contributed by atoms with Gasteiger partial charge in [0.1, 0.15) is 5.82 Å². The molecule has 1 unspecified atom stereocenters. The van der Waals surface area contributed by atoms with Crippen LogP contribution in [0.5, 0.6) is 0 Å². The van der Waals surface area contributed by atoms with Crippen LogP contribution >= 0.6 is 0 Å². The van der Waals surface area contributed by atoms with Crippen LogP contribution in [0, 0.1) is 17.7 Å².